The number of aliphatic carboxylic acids is 2. The van der Waals surface area contributed by atoms with Gasteiger partial charge in [0.2, 0.25) is 0 Å². The highest BCUT2D eigenvalue weighted by molar-refractivity contribution is 5.69. The molecule has 0 radical (unpaired) electrons. The van der Waals surface area contributed by atoms with E-state index >= 15 is 0 Å². The summed E-state index contributed by atoms with van der Waals surface area (Å²) in [6.45, 7) is 4.81. The van der Waals surface area contributed by atoms with Crippen molar-refractivity contribution < 1.29 is 19.8 Å². The second-order valence-electron chi connectivity index (χ2n) is 6.81. The Morgan fingerprint density at radius 2 is 1.41 bits per heavy atom. The van der Waals surface area contributed by atoms with Crippen LogP contribution in [0.1, 0.15) is 17.8 Å². The number of aromatic nitrogens is 1. The van der Waals surface area contributed by atoms with E-state index in [4.69, 9.17) is 5.73 Å². The van der Waals surface area contributed by atoms with Crippen molar-refractivity contribution in [2.24, 2.45) is 5.73 Å². The zero-order chi connectivity index (χ0) is 19.6. The van der Waals surface area contributed by atoms with E-state index in [0.717, 1.165) is 24.4 Å². The maximum atomic E-state index is 11.2. The molecule has 0 saturated heterocycles. The van der Waals surface area contributed by atoms with E-state index < -0.39 is 11.9 Å². The molecule has 1 aromatic heterocycles. The van der Waals surface area contributed by atoms with Crippen molar-refractivity contribution in [3.8, 4) is 0 Å². The van der Waals surface area contributed by atoms with E-state index in [-0.39, 0.29) is 13.1 Å². The van der Waals surface area contributed by atoms with E-state index in [1.807, 2.05) is 28.0 Å². The van der Waals surface area contributed by atoms with Crippen molar-refractivity contribution in [1.29, 1.82) is 0 Å². The van der Waals surface area contributed by atoms with Gasteiger partial charge in [0.1, 0.15) is 0 Å². The summed E-state index contributed by atoms with van der Waals surface area (Å²) in [6, 6.07) is 5.63. The third-order valence-electron chi connectivity index (χ3n) is 4.50. The Hall–Kier alpha value is -2.07. The van der Waals surface area contributed by atoms with Crippen LogP contribution in [-0.4, -0.2) is 94.2 Å². The van der Waals surface area contributed by atoms with Gasteiger partial charge < -0.3 is 20.8 Å². The predicted octanol–water partition coefficient (Wildman–Crippen LogP) is -0.481. The molecule has 150 valence electrons. The Kier molecular flexibility index (Phi) is 8.59. The lowest BCUT2D eigenvalue weighted by Gasteiger charge is -2.30. The Labute approximate surface area is 159 Å². The first-order chi connectivity index (χ1) is 13.0. The molecule has 0 fully saturated rings. The fraction of sp³-hybridized carbons (Fsp3) is 0.611. The number of carboxylic acids is 2. The topological polar surface area (TPSA) is 123 Å². The number of fused-ring (bicyclic) bond motifs is 2. The van der Waals surface area contributed by atoms with E-state index in [2.05, 4.69) is 9.88 Å². The van der Waals surface area contributed by atoms with Gasteiger partial charge >= 0.3 is 11.9 Å². The van der Waals surface area contributed by atoms with Gasteiger partial charge in [0.25, 0.3) is 0 Å². The van der Waals surface area contributed by atoms with Gasteiger partial charge in [0, 0.05) is 39.3 Å². The molecule has 1 aromatic rings. The molecule has 0 aromatic carbocycles. The average molecular weight is 379 g/mol. The van der Waals surface area contributed by atoms with Crippen LogP contribution in [-0.2, 0) is 22.7 Å². The normalized spacial score (nSPS) is 17.8. The summed E-state index contributed by atoms with van der Waals surface area (Å²) in [5.74, 6) is -1.72. The van der Waals surface area contributed by atoms with Crippen molar-refractivity contribution >= 4 is 11.9 Å². The molecule has 0 spiro atoms. The number of carboxylic acid groups (broad SMARTS) is 2. The Balaban J connectivity index is 2.20. The quantitative estimate of drug-likeness (QED) is 0.576. The van der Waals surface area contributed by atoms with Crippen molar-refractivity contribution in [3.05, 3.63) is 29.6 Å². The summed E-state index contributed by atoms with van der Waals surface area (Å²) in [5, 5.41) is 18.4. The largest absolute Gasteiger partial charge is 0.480 e. The highest BCUT2D eigenvalue weighted by Crippen LogP contribution is 2.09. The third kappa shape index (κ3) is 8.00. The number of hydrogen-bond acceptors (Lipinski definition) is 7. The van der Waals surface area contributed by atoms with Gasteiger partial charge in [0.05, 0.1) is 24.5 Å². The van der Waals surface area contributed by atoms with E-state index in [9.17, 15) is 19.8 Å². The molecule has 0 aliphatic carbocycles. The predicted molar refractivity (Wildman–Crippen MR) is 100 cm³/mol. The standard InChI is InChI=1S/C18H29N5O4/c19-5-2-6-21-7-9-22(13-17(24)25)11-15-3-1-4-16(20-15)12-23(10-8-21)14-18(26)27/h1,3-4H,2,5-14,19H2,(H,24,25)(H,26,27). The fourth-order valence-electron chi connectivity index (χ4n) is 3.19. The van der Waals surface area contributed by atoms with Crippen LogP contribution in [0.15, 0.2) is 18.2 Å². The zero-order valence-corrected chi connectivity index (χ0v) is 15.6. The minimum absolute atomic E-state index is 0.0399. The monoisotopic (exact) mass is 379 g/mol. The first-order valence-electron chi connectivity index (χ1n) is 9.22. The van der Waals surface area contributed by atoms with Crippen molar-refractivity contribution in [2.45, 2.75) is 19.5 Å². The molecule has 1 aliphatic heterocycles. The van der Waals surface area contributed by atoms with Crippen molar-refractivity contribution in [3.63, 3.8) is 0 Å². The maximum Gasteiger partial charge on any atom is 0.317 e. The SMILES string of the molecule is NCCCN1CCN(CC(=O)O)Cc2cccc(n2)CN(CC(=O)O)CC1. The Morgan fingerprint density at radius 1 is 0.926 bits per heavy atom. The summed E-state index contributed by atoms with van der Waals surface area (Å²) in [7, 11) is 0. The molecule has 0 amide bonds. The summed E-state index contributed by atoms with van der Waals surface area (Å²) in [4.78, 5) is 33.0. The van der Waals surface area contributed by atoms with Gasteiger partial charge in [0.15, 0.2) is 0 Å². The first kappa shape index (κ1) is 21.2. The number of pyridine rings is 1. The number of carbonyl (C=O) groups is 2. The van der Waals surface area contributed by atoms with Crippen LogP contribution in [0.4, 0.5) is 0 Å². The summed E-state index contributed by atoms with van der Waals surface area (Å²) < 4.78 is 0. The molecule has 1 aliphatic rings. The van der Waals surface area contributed by atoms with Crippen LogP contribution in [0, 0.1) is 0 Å². The molecule has 2 heterocycles. The van der Waals surface area contributed by atoms with Crippen molar-refractivity contribution in [1.82, 2.24) is 19.7 Å². The second kappa shape index (κ2) is 10.9. The van der Waals surface area contributed by atoms with Gasteiger partial charge in [-0.05, 0) is 31.6 Å². The van der Waals surface area contributed by atoms with Crippen LogP contribution < -0.4 is 5.73 Å². The molecule has 0 atom stereocenters. The Bertz CT molecular complexity index is 582. The van der Waals surface area contributed by atoms with Crippen LogP contribution in [0.2, 0.25) is 0 Å². The third-order valence-corrected chi connectivity index (χ3v) is 4.50. The lowest BCUT2D eigenvalue weighted by Crippen LogP contribution is -2.43. The number of nitrogens with zero attached hydrogens (tertiary/aromatic N) is 4. The maximum absolute atomic E-state index is 11.2. The minimum atomic E-state index is -0.862. The van der Waals surface area contributed by atoms with Crippen LogP contribution in [0.5, 0.6) is 0 Å². The lowest BCUT2D eigenvalue weighted by molar-refractivity contribution is -0.139. The molecule has 9 heteroatoms. The molecule has 9 nitrogen and oxygen atoms in total. The van der Waals surface area contributed by atoms with Gasteiger partial charge in [-0.25, -0.2) is 0 Å². The molecule has 27 heavy (non-hydrogen) atoms. The molecule has 4 N–H and O–H groups in total. The molecular weight excluding hydrogens is 350 g/mol. The average Bonchev–Trinajstić information content (AvgIpc) is 2.59. The van der Waals surface area contributed by atoms with Gasteiger partial charge in [-0.1, -0.05) is 6.07 Å². The van der Waals surface area contributed by atoms with E-state index in [1.165, 1.54) is 0 Å². The van der Waals surface area contributed by atoms with Gasteiger partial charge in [-0.15, -0.1) is 0 Å². The fourth-order valence-corrected chi connectivity index (χ4v) is 3.19. The van der Waals surface area contributed by atoms with E-state index in [1.54, 1.807) is 0 Å². The smallest absolute Gasteiger partial charge is 0.317 e. The van der Waals surface area contributed by atoms with E-state index in [0.29, 0.717) is 45.8 Å². The molecule has 2 rings (SSSR count). The van der Waals surface area contributed by atoms with Crippen LogP contribution in [0.3, 0.4) is 0 Å². The summed E-state index contributed by atoms with van der Waals surface area (Å²) >= 11 is 0. The molecule has 0 unspecified atom stereocenters. The molecule has 2 bridgehead atoms. The molecular formula is C18H29N5O4. The molecule has 0 saturated carbocycles. The van der Waals surface area contributed by atoms with Gasteiger partial charge in [-0.3, -0.25) is 24.4 Å². The minimum Gasteiger partial charge on any atom is -0.480 e. The summed E-state index contributed by atoms with van der Waals surface area (Å²) in [5.41, 5.74) is 7.21. The van der Waals surface area contributed by atoms with Crippen LogP contribution >= 0.6 is 0 Å². The first-order valence-corrected chi connectivity index (χ1v) is 9.22. The number of hydrogen-bond donors (Lipinski definition) is 3. The highest BCUT2D eigenvalue weighted by Gasteiger charge is 2.18. The lowest BCUT2D eigenvalue weighted by atomic mass is 10.2. The van der Waals surface area contributed by atoms with Gasteiger partial charge in [-0.2, -0.15) is 0 Å². The van der Waals surface area contributed by atoms with Crippen LogP contribution in [0.25, 0.3) is 0 Å². The van der Waals surface area contributed by atoms with Crippen molar-refractivity contribution in [2.75, 3.05) is 52.4 Å². The zero-order valence-electron chi connectivity index (χ0n) is 15.6. The second-order valence-corrected chi connectivity index (χ2v) is 6.81. The number of rotatable bonds is 7. The highest BCUT2D eigenvalue weighted by atomic mass is 16.4. The Morgan fingerprint density at radius 3 is 1.85 bits per heavy atom. The summed E-state index contributed by atoms with van der Waals surface area (Å²) in [6.07, 6.45) is 0.846. The number of nitrogens with two attached hydrogens (primary N) is 1.